The number of hydrogen-bond acceptors (Lipinski definition) is 2. The summed E-state index contributed by atoms with van der Waals surface area (Å²) < 4.78 is 14.5. The molecule has 3 nitrogen and oxygen atoms in total. The van der Waals surface area contributed by atoms with Gasteiger partial charge in [0.2, 0.25) is 5.91 Å². The minimum absolute atomic E-state index is 0.0255. The van der Waals surface area contributed by atoms with Gasteiger partial charge in [-0.2, -0.15) is 0 Å². The van der Waals surface area contributed by atoms with Gasteiger partial charge in [0.05, 0.1) is 10.5 Å². The number of nitrogens with one attached hydrogen (secondary N) is 1. The highest BCUT2D eigenvalue weighted by molar-refractivity contribution is 9.10. The summed E-state index contributed by atoms with van der Waals surface area (Å²) in [4.78, 5) is 11.4. The van der Waals surface area contributed by atoms with Crippen molar-refractivity contribution in [3.63, 3.8) is 0 Å². The largest absolute Gasteiger partial charge is 0.326 e. The Morgan fingerprint density at radius 1 is 1.24 bits per heavy atom. The number of benzene rings is 2. The minimum atomic E-state index is -0.537. The molecule has 0 bridgehead atoms. The summed E-state index contributed by atoms with van der Waals surface area (Å²) in [5.74, 6) is -0.311. The fraction of sp³-hybridized carbons (Fsp3) is 0.188. The molecule has 1 heterocycles. The van der Waals surface area contributed by atoms with Crippen LogP contribution in [0.3, 0.4) is 0 Å². The van der Waals surface area contributed by atoms with Crippen molar-refractivity contribution in [2.45, 2.75) is 18.9 Å². The fourth-order valence-corrected chi connectivity index (χ4v) is 2.92. The van der Waals surface area contributed by atoms with Gasteiger partial charge in [0.1, 0.15) is 5.82 Å². The Bertz CT molecular complexity index is 717. The quantitative estimate of drug-likeness (QED) is 0.872. The predicted octanol–water partition coefficient (Wildman–Crippen LogP) is 3.52. The van der Waals surface area contributed by atoms with Gasteiger partial charge in [0.25, 0.3) is 0 Å². The molecule has 0 saturated heterocycles. The van der Waals surface area contributed by atoms with E-state index in [-0.39, 0.29) is 11.7 Å². The van der Waals surface area contributed by atoms with Crippen LogP contribution in [0, 0.1) is 5.82 Å². The Morgan fingerprint density at radius 3 is 2.86 bits per heavy atom. The van der Waals surface area contributed by atoms with Gasteiger partial charge in [-0.25, -0.2) is 4.39 Å². The van der Waals surface area contributed by atoms with Crippen molar-refractivity contribution in [2.75, 3.05) is 5.32 Å². The van der Waals surface area contributed by atoms with Crippen LogP contribution in [0.4, 0.5) is 10.1 Å². The molecule has 0 aliphatic carbocycles. The first kappa shape index (κ1) is 14.2. The molecule has 0 radical (unpaired) electrons. The number of anilines is 1. The number of aryl methyl sites for hydroxylation is 1. The van der Waals surface area contributed by atoms with Crippen LogP contribution < -0.4 is 11.1 Å². The molecule has 21 heavy (non-hydrogen) atoms. The second kappa shape index (κ2) is 5.58. The van der Waals surface area contributed by atoms with Crippen LogP contribution in [-0.4, -0.2) is 5.91 Å². The van der Waals surface area contributed by atoms with Crippen LogP contribution in [0.5, 0.6) is 0 Å². The summed E-state index contributed by atoms with van der Waals surface area (Å²) in [6.07, 6.45) is 1.15. The van der Waals surface area contributed by atoms with Crippen molar-refractivity contribution in [2.24, 2.45) is 5.73 Å². The highest BCUT2D eigenvalue weighted by Crippen LogP contribution is 2.30. The third kappa shape index (κ3) is 2.71. The number of halogens is 2. The maximum absolute atomic E-state index is 14.1. The van der Waals surface area contributed by atoms with Crippen molar-refractivity contribution in [1.82, 2.24) is 0 Å². The van der Waals surface area contributed by atoms with Gasteiger partial charge in [-0.05, 0) is 45.6 Å². The molecular formula is C16H14BrFN2O. The van der Waals surface area contributed by atoms with Crippen LogP contribution in [-0.2, 0) is 11.2 Å². The molecule has 108 valence electrons. The highest BCUT2D eigenvalue weighted by atomic mass is 79.9. The van der Waals surface area contributed by atoms with Crippen LogP contribution >= 0.6 is 15.9 Å². The Labute approximate surface area is 130 Å². The predicted molar refractivity (Wildman–Crippen MR) is 83.5 cm³/mol. The zero-order chi connectivity index (χ0) is 15.0. The van der Waals surface area contributed by atoms with Crippen molar-refractivity contribution < 1.29 is 9.18 Å². The average molecular weight is 349 g/mol. The molecule has 1 aliphatic heterocycles. The summed E-state index contributed by atoms with van der Waals surface area (Å²) in [5.41, 5.74) is 9.34. The number of fused-ring (bicyclic) bond motifs is 1. The average Bonchev–Trinajstić information content (AvgIpc) is 2.49. The first-order valence-electron chi connectivity index (χ1n) is 6.68. The molecule has 1 atom stereocenters. The Morgan fingerprint density at radius 2 is 2.05 bits per heavy atom. The molecular weight excluding hydrogens is 335 g/mol. The molecule has 2 aromatic rings. The zero-order valence-electron chi connectivity index (χ0n) is 11.2. The van der Waals surface area contributed by atoms with Crippen LogP contribution in [0.15, 0.2) is 40.9 Å². The van der Waals surface area contributed by atoms with E-state index in [1.807, 2.05) is 18.2 Å². The molecule has 0 fully saturated rings. The van der Waals surface area contributed by atoms with Gasteiger partial charge >= 0.3 is 0 Å². The van der Waals surface area contributed by atoms with Gasteiger partial charge in [0, 0.05) is 17.7 Å². The van der Waals surface area contributed by atoms with Gasteiger partial charge in [-0.1, -0.05) is 24.3 Å². The number of carbonyl (C=O) groups is 1. The summed E-state index contributed by atoms with van der Waals surface area (Å²) in [5, 5.41) is 2.82. The molecule has 3 N–H and O–H groups in total. The zero-order valence-corrected chi connectivity index (χ0v) is 12.8. The van der Waals surface area contributed by atoms with E-state index >= 15 is 0 Å². The van der Waals surface area contributed by atoms with E-state index in [1.165, 1.54) is 0 Å². The lowest BCUT2D eigenvalue weighted by Gasteiger charge is -2.20. The third-order valence-electron chi connectivity index (χ3n) is 3.70. The van der Waals surface area contributed by atoms with Crippen molar-refractivity contribution >= 4 is 27.5 Å². The topological polar surface area (TPSA) is 55.1 Å². The molecule has 2 aromatic carbocycles. The smallest absolute Gasteiger partial charge is 0.224 e. The van der Waals surface area contributed by atoms with E-state index in [9.17, 15) is 9.18 Å². The molecule has 5 heteroatoms. The molecule has 0 saturated carbocycles. The van der Waals surface area contributed by atoms with Crippen molar-refractivity contribution in [3.8, 4) is 0 Å². The standard InChI is InChI=1S/C16H14BrFN2O/c17-12-3-1-2-11(15(12)18)16(19)10-4-6-13-9(8-10)5-7-14(21)20-13/h1-4,6,8,16H,5,7,19H2,(H,20,21). The molecule has 0 spiro atoms. The Kier molecular flexibility index (Phi) is 3.78. The Balaban J connectivity index is 1.97. The maximum atomic E-state index is 14.1. The highest BCUT2D eigenvalue weighted by Gasteiger charge is 2.19. The van der Waals surface area contributed by atoms with Crippen LogP contribution in [0.2, 0.25) is 0 Å². The molecule has 3 rings (SSSR count). The number of amides is 1. The van der Waals surface area contributed by atoms with Crippen molar-refractivity contribution in [3.05, 3.63) is 63.4 Å². The first-order chi connectivity index (χ1) is 10.1. The summed E-state index contributed by atoms with van der Waals surface area (Å²) in [7, 11) is 0. The van der Waals surface area contributed by atoms with Gasteiger partial charge < -0.3 is 11.1 Å². The van der Waals surface area contributed by atoms with Crippen LogP contribution in [0.25, 0.3) is 0 Å². The first-order valence-corrected chi connectivity index (χ1v) is 7.47. The summed E-state index contributed by atoms with van der Waals surface area (Å²) >= 11 is 3.18. The second-order valence-corrected chi connectivity index (χ2v) is 5.94. The number of nitrogens with two attached hydrogens (primary N) is 1. The van der Waals surface area contributed by atoms with E-state index in [0.29, 0.717) is 22.9 Å². The van der Waals surface area contributed by atoms with E-state index in [0.717, 1.165) is 16.8 Å². The van der Waals surface area contributed by atoms with Gasteiger partial charge in [-0.15, -0.1) is 0 Å². The van der Waals surface area contributed by atoms with Gasteiger partial charge in [-0.3, -0.25) is 4.79 Å². The number of carbonyl (C=O) groups excluding carboxylic acids is 1. The van der Waals surface area contributed by atoms with Gasteiger partial charge in [0.15, 0.2) is 0 Å². The lowest BCUT2D eigenvalue weighted by atomic mass is 9.94. The van der Waals surface area contributed by atoms with E-state index in [2.05, 4.69) is 21.2 Å². The normalized spacial score (nSPS) is 15.3. The van der Waals surface area contributed by atoms with Crippen LogP contribution in [0.1, 0.15) is 29.2 Å². The minimum Gasteiger partial charge on any atom is -0.326 e. The molecule has 0 aromatic heterocycles. The van der Waals surface area contributed by atoms with E-state index in [4.69, 9.17) is 5.73 Å². The maximum Gasteiger partial charge on any atom is 0.224 e. The molecule has 1 aliphatic rings. The summed E-state index contributed by atoms with van der Waals surface area (Å²) in [6, 6.07) is 10.2. The SMILES string of the molecule is NC(c1ccc2c(c1)CCC(=O)N2)c1cccc(Br)c1F. The monoisotopic (exact) mass is 348 g/mol. The lowest BCUT2D eigenvalue weighted by Crippen LogP contribution is -2.20. The lowest BCUT2D eigenvalue weighted by molar-refractivity contribution is -0.116. The van der Waals surface area contributed by atoms with E-state index < -0.39 is 6.04 Å². The number of hydrogen-bond donors (Lipinski definition) is 2. The Hall–Kier alpha value is -1.72. The number of rotatable bonds is 2. The molecule has 1 amide bonds. The second-order valence-electron chi connectivity index (χ2n) is 5.09. The van der Waals surface area contributed by atoms with Crippen molar-refractivity contribution in [1.29, 1.82) is 0 Å². The third-order valence-corrected chi connectivity index (χ3v) is 4.31. The molecule has 1 unspecified atom stereocenters. The fourth-order valence-electron chi connectivity index (χ4n) is 2.54. The van der Waals surface area contributed by atoms with E-state index in [1.54, 1.807) is 18.2 Å². The summed E-state index contributed by atoms with van der Waals surface area (Å²) in [6.45, 7) is 0.